The Hall–Kier alpha value is 0.340. The number of ether oxygens (including phenoxy) is 1. The van der Waals surface area contributed by atoms with Crippen LogP contribution in [0.3, 0.4) is 0 Å². The highest BCUT2D eigenvalue weighted by atomic mass is 79.9. The maximum absolute atomic E-state index is 12.4. The summed E-state index contributed by atoms with van der Waals surface area (Å²) in [6.07, 6.45) is 1.63. The van der Waals surface area contributed by atoms with Crippen molar-refractivity contribution in [1.82, 2.24) is 4.31 Å². The van der Waals surface area contributed by atoms with E-state index in [2.05, 4.69) is 15.9 Å². The van der Waals surface area contributed by atoms with Crippen LogP contribution in [-0.4, -0.2) is 39.0 Å². The molecule has 0 amide bonds. The molecule has 0 unspecified atom stereocenters. The van der Waals surface area contributed by atoms with E-state index in [1.807, 2.05) is 0 Å². The Morgan fingerprint density at radius 2 is 2.11 bits per heavy atom. The van der Waals surface area contributed by atoms with Crippen LogP contribution in [0.1, 0.15) is 12.8 Å². The van der Waals surface area contributed by atoms with E-state index in [4.69, 9.17) is 16.3 Å². The zero-order valence-corrected chi connectivity index (χ0v) is 13.7. The van der Waals surface area contributed by atoms with Gasteiger partial charge in [0.15, 0.2) is 0 Å². The Morgan fingerprint density at radius 3 is 2.56 bits per heavy atom. The Kier molecular flexibility index (Phi) is 4.72. The molecule has 2 rings (SSSR count). The molecule has 1 saturated heterocycles. The SMILES string of the molecule is COC1CCN(S(=O)(=O)c2cc(Cl)c(Br)s2)CC1. The third-order valence-electron chi connectivity index (χ3n) is 2.95. The summed E-state index contributed by atoms with van der Waals surface area (Å²) in [5, 5.41) is 0.436. The van der Waals surface area contributed by atoms with Crippen molar-refractivity contribution in [3.05, 3.63) is 14.9 Å². The maximum atomic E-state index is 12.4. The average molecular weight is 375 g/mol. The summed E-state index contributed by atoms with van der Waals surface area (Å²) in [4.78, 5) is 0. The third-order valence-corrected chi connectivity index (χ3v) is 7.77. The van der Waals surface area contributed by atoms with E-state index in [0.29, 0.717) is 21.9 Å². The molecule has 0 atom stereocenters. The molecule has 2 heterocycles. The van der Waals surface area contributed by atoms with Crippen LogP contribution in [0.2, 0.25) is 5.02 Å². The molecule has 0 spiro atoms. The third kappa shape index (κ3) is 2.91. The monoisotopic (exact) mass is 373 g/mol. The van der Waals surface area contributed by atoms with Gasteiger partial charge in [-0.1, -0.05) is 11.6 Å². The standard InChI is InChI=1S/C10H13BrClNO3S2/c1-16-7-2-4-13(5-3-7)18(14,15)9-6-8(12)10(11)17-9/h6-7H,2-5H2,1H3. The molecule has 8 heteroatoms. The molecule has 102 valence electrons. The van der Waals surface area contributed by atoms with E-state index in [1.165, 1.54) is 10.4 Å². The lowest BCUT2D eigenvalue weighted by molar-refractivity contribution is 0.0605. The number of halogens is 2. The molecule has 1 fully saturated rings. The Morgan fingerprint density at radius 1 is 1.50 bits per heavy atom. The van der Waals surface area contributed by atoms with Crippen LogP contribution in [0.25, 0.3) is 0 Å². The Bertz CT molecular complexity index is 504. The second kappa shape index (κ2) is 5.76. The average Bonchev–Trinajstić information content (AvgIpc) is 2.70. The van der Waals surface area contributed by atoms with E-state index in [0.717, 1.165) is 24.2 Å². The molecular weight excluding hydrogens is 362 g/mol. The molecule has 0 bridgehead atoms. The van der Waals surface area contributed by atoms with Crippen molar-refractivity contribution in [2.24, 2.45) is 0 Å². The van der Waals surface area contributed by atoms with Gasteiger partial charge in [-0.2, -0.15) is 4.31 Å². The molecule has 0 saturated carbocycles. The quantitative estimate of drug-likeness (QED) is 0.817. The fraction of sp³-hybridized carbons (Fsp3) is 0.600. The van der Waals surface area contributed by atoms with Gasteiger partial charge in [0.25, 0.3) is 10.0 Å². The molecule has 0 radical (unpaired) electrons. The van der Waals surface area contributed by atoms with Gasteiger partial charge in [0.2, 0.25) is 0 Å². The molecule has 18 heavy (non-hydrogen) atoms. The minimum Gasteiger partial charge on any atom is -0.381 e. The summed E-state index contributed by atoms with van der Waals surface area (Å²) in [5.41, 5.74) is 0. The van der Waals surface area contributed by atoms with E-state index >= 15 is 0 Å². The molecular formula is C10H13BrClNO3S2. The summed E-state index contributed by atoms with van der Waals surface area (Å²) in [6, 6.07) is 1.49. The lowest BCUT2D eigenvalue weighted by Crippen LogP contribution is -2.40. The number of piperidine rings is 1. The Balaban J connectivity index is 2.17. The second-order valence-electron chi connectivity index (χ2n) is 4.03. The van der Waals surface area contributed by atoms with Gasteiger partial charge in [0.05, 0.1) is 14.9 Å². The molecule has 1 aromatic heterocycles. The summed E-state index contributed by atoms with van der Waals surface area (Å²) >= 11 is 10.3. The van der Waals surface area contributed by atoms with E-state index in [1.54, 1.807) is 7.11 Å². The predicted molar refractivity (Wildman–Crippen MR) is 75.8 cm³/mol. The minimum atomic E-state index is -3.41. The first-order valence-corrected chi connectivity index (χ1v) is 8.85. The first kappa shape index (κ1) is 14.7. The van der Waals surface area contributed by atoms with Crippen LogP contribution in [0.5, 0.6) is 0 Å². The molecule has 0 aliphatic carbocycles. The number of rotatable bonds is 3. The van der Waals surface area contributed by atoms with Crippen molar-refractivity contribution >= 4 is 48.9 Å². The van der Waals surface area contributed by atoms with Crippen LogP contribution in [0.15, 0.2) is 14.1 Å². The second-order valence-corrected chi connectivity index (χ2v) is 8.97. The molecule has 1 aromatic rings. The van der Waals surface area contributed by atoms with Gasteiger partial charge in [-0.25, -0.2) is 8.42 Å². The van der Waals surface area contributed by atoms with Crippen molar-refractivity contribution in [2.75, 3.05) is 20.2 Å². The van der Waals surface area contributed by atoms with Crippen LogP contribution in [0, 0.1) is 0 Å². The smallest absolute Gasteiger partial charge is 0.252 e. The normalized spacial score (nSPS) is 19.3. The van der Waals surface area contributed by atoms with Crippen molar-refractivity contribution < 1.29 is 13.2 Å². The van der Waals surface area contributed by atoms with Crippen LogP contribution in [-0.2, 0) is 14.8 Å². The number of hydrogen-bond acceptors (Lipinski definition) is 4. The van der Waals surface area contributed by atoms with Crippen LogP contribution in [0.4, 0.5) is 0 Å². The number of sulfonamides is 1. The minimum absolute atomic E-state index is 0.162. The number of hydrogen-bond donors (Lipinski definition) is 0. The molecule has 0 N–H and O–H groups in total. The van der Waals surface area contributed by atoms with Crippen molar-refractivity contribution in [3.8, 4) is 0 Å². The number of nitrogens with zero attached hydrogens (tertiary/aromatic N) is 1. The summed E-state index contributed by atoms with van der Waals surface area (Å²) in [7, 11) is -1.76. The number of thiophene rings is 1. The van der Waals surface area contributed by atoms with Gasteiger partial charge in [0, 0.05) is 20.2 Å². The summed E-state index contributed by atoms with van der Waals surface area (Å²) < 4.78 is 32.4. The molecule has 0 aromatic carbocycles. The fourth-order valence-corrected chi connectivity index (χ4v) is 5.91. The van der Waals surface area contributed by atoms with Crippen molar-refractivity contribution in [3.63, 3.8) is 0 Å². The molecule has 4 nitrogen and oxygen atoms in total. The zero-order valence-electron chi connectivity index (χ0n) is 9.73. The summed E-state index contributed by atoms with van der Waals surface area (Å²) in [5.74, 6) is 0. The lowest BCUT2D eigenvalue weighted by atomic mass is 10.1. The summed E-state index contributed by atoms with van der Waals surface area (Å²) in [6.45, 7) is 0.988. The highest BCUT2D eigenvalue weighted by molar-refractivity contribution is 9.11. The van der Waals surface area contributed by atoms with E-state index in [9.17, 15) is 8.42 Å². The van der Waals surface area contributed by atoms with E-state index < -0.39 is 10.0 Å². The number of methoxy groups -OCH3 is 1. The van der Waals surface area contributed by atoms with Gasteiger partial charge in [-0.3, -0.25) is 0 Å². The first-order chi connectivity index (χ1) is 8.45. The van der Waals surface area contributed by atoms with Gasteiger partial charge in [0.1, 0.15) is 4.21 Å². The highest BCUT2D eigenvalue weighted by Crippen LogP contribution is 2.36. The molecule has 1 aliphatic rings. The van der Waals surface area contributed by atoms with Gasteiger partial charge >= 0.3 is 0 Å². The van der Waals surface area contributed by atoms with Crippen LogP contribution < -0.4 is 0 Å². The predicted octanol–water partition coefficient (Wildman–Crippen LogP) is 2.96. The van der Waals surface area contributed by atoms with Gasteiger partial charge in [-0.15, -0.1) is 11.3 Å². The van der Waals surface area contributed by atoms with Crippen LogP contribution >= 0.6 is 38.9 Å². The maximum Gasteiger partial charge on any atom is 0.252 e. The highest BCUT2D eigenvalue weighted by Gasteiger charge is 2.31. The first-order valence-electron chi connectivity index (χ1n) is 5.43. The Labute approximate surface area is 124 Å². The molecule has 1 aliphatic heterocycles. The topological polar surface area (TPSA) is 46.6 Å². The van der Waals surface area contributed by atoms with Gasteiger partial charge < -0.3 is 4.74 Å². The lowest BCUT2D eigenvalue weighted by Gasteiger charge is -2.29. The van der Waals surface area contributed by atoms with Crippen molar-refractivity contribution in [1.29, 1.82) is 0 Å². The van der Waals surface area contributed by atoms with Crippen molar-refractivity contribution in [2.45, 2.75) is 23.2 Å². The van der Waals surface area contributed by atoms with Gasteiger partial charge in [-0.05, 0) is 34.8 Å². The zero-order chi connectivity index (χ0) is 13.3. The largest absolute Gasteiger partial charge is 0.381 e. The van der Waals surface area contributed by atoms with E-state index in [-0.39, 0.29) is 10.3 Å². The fourth-order valence-electron chi connectivity index (χ4n) is 1.89.